The van der Waals surface area contributed by atoms with Crippen LogP contribution in [-0.2, 0) is 14.1 Å². The van der Waals surface area contributed by atoms with E-state index in [2.05, 4.69) is 79.2 Å². The summed E-state index contributed by atoms with van der Waals surface area (Å²) in [5.41, 5.74) is 6.17. The second-order valence-electron chi connectivity index (χ2n) is 5.21. The van der Waals surface area contributed by atoms with Crippen molar-refractivity contribution in [3.05, 3.63) is 60.2 Å². The van der Waals surface area contributed by atoms with Crippen molar-refractivity contribution in [2.45, 2.75) is 6.92 Å². The Balaban J connectivity index is 0.00000161. The monoisotopic (exact) mass is 298 g/mol. The van der Waals surface area contributed by atoms with Crippen molar-refractivity contribution in [3.63, 3.8) is 0 Å². The van der Waals surface area contributed by atoms with Gasteiger partial charge in [-0.05, 0) is 36.2 Å². The van der Waals surface area contributed by atoms with Crippen molar-refractivity contribution in [2.75, 3.05) is 0 Å². The average Bonchev–Trinajstić information content (AvgIpc) is 2.72. The molecule has 3 aromatic rings. The number of rotatable bonds is 2. The minimum absolute atomic E-state index is 0. The van der Waals surface area contributed by atoms with Gasteiger partial charge in [-0.15, -0.1) is 0 Å². The molecule has 3 rings (SSSR count). The van der Waals surface area contributed by atoms with Gasteiger partial charge in [-0.3, -0.25) is 0 Å². The predicted octanol–water partition coefficient (Wildman–Crippen LogP) is 0.625. The first-order valence-electron chi connectivity index (χ1n) is 6.80. The van der Waals surface area contributed by atoms with Crippen molar-refractivity contribution in [1.29, 1.82) is 0 Å². The van der Waals surface area contributed by atoms with Gasteiger partial charge in [-0.1, -0.05) is 36.9 Å². The largest absolute Gasteiger partial charge is 1.00 e. The standard InChI is InChI=1S/C18H19N2.ClH/c1-5-14-11-10-13(2)15(12-14)18-19(3)16-8-6-7-9-17(16)20(18)4;/h5-12H,1H2,2-4H3;1H/q+1;/p-1. The fourth-order valence-electron chi connectivity index (χ4n) is 2.85. The van der Waals surface area contributed by atoms with Gasteiger partial charge in [0.1, 0.15) is 0 Å². The molecule has 21 heavy (non-hydrogen) atoms. The summed E-state index contributed by atoms with van der Waals surface area (Å²) in [7, 11) is 4.25. The van der Waals surface area contributed by atoms with Crippen molar-refractivity contribution in [2.24, 2.45) is 14.1 Å². The Morgan fingerprint density at radius 1 is 1.14 bits per heavy atom. The Morgan fingerprint density at radius 3 is 2.52 bits per heavy atom. The molecule has 0 amide bonds. The zero-order valence-corrected chi connectivity index (χ0v) is 13.4. The minimum Gasteiger partial charge on any atom is -1.00 e. The zero-order chi connectivity index (χ0) is 14.3. The normalized spacial score (nSPS) is 10.4. The Labute approximate surface area is 131 Å². The highest BCUT2D eigenvalue weighted by atomic mass is 35.5. The summed E-state index contributed by atoms with van der Waals surface area (Å²) < 4.78 is 4.51. The van der Waals surface area contributed by atoms with E-state index in [0.717, 1.165) is 5.56 Å². The van der Waals surface area contributed by atoms with E-state index in [0.29, 0.717) is 0 Å². The molecule has 2 aromatic carbocycles. The highest BCUT2D eigenvalue weighted by molar-refractivity contribution is 5.77. The molecule has 0 spiro atoms. The molecule has 3 heteroatoms. The summed E-state index contributed by atoms with van der Waals surface area (Å²) in [6.07, 6.45) is 1.89. The maximum absolute atomic E-state index is 3.87. The van der Waals surface area contributed by atoms with Gasteiger partial charge in [0.2, 0.25) is 0 Å². The van der Waals surface area contributed by atoms with E-state index in [1.54, 1.807) is 0 Å². The number of imidazole rings is 1. The van der Waals surface area contributed by atoms with Gasteiger partial charge in [-0.2, -0.15) is 0 Å². The molecule has 0 saturated heterocycles. The van der Waals surface area contributed by atoms with Gasteiger partial charge in [0.15, 0.2) is 11.0 Å². The van der Waals surface area contributed by atoms with E-state index >= 15 is 0 Å². The summed E-state index contributed by atoms with van der Waals surface area (Å²) in [6, 6.07) is 14.9. The van der Waals surface area contributed by atoms with Crippen molar-refractivity contribution in [1.82, 2.24) is 4.57 Å². The van der Waals surface area contributed by atoms with Gasteiger partial charge in [0.05, 0.1) is 19.7 Å². The maximum Gasteiger partial charge on any atom is 0.289 e. The third-order valence-electron chi connectivity index (χ3n) is 3.98. The zero-order valence-electron chi connectivity index (χ0n) is 12.6. The number of para-hydroxylation sites is 2. The first-order valence-corrected chi connectivity index (χ1v) is 6.80. The molecule has 0 aliphatic carbocycles. The molecule has 0 unspecified atom stereocenters. The second-order valence-corrected chi connectivity index (χ2v) is 5.21. The van der Waals surface area contributed by atoms with Crippen LogP contribution in [0.25, 0.3) is 28.5 Å². The van der Waals surface area contributed by atoms with Crippen LogP contribution >= 0.6 is 0 Å². The molecule has 0 bridgehead atoms. The number of benzene rings is 2. The molecule has 0 N–H and O–H groups in total. The SMILES string of the molecule is C=Cc1ccc(C)c(-c2n(C)c3ccccc3[n+]2C)c1.[Cl-]. The molecule has 0 aliphatic rings. The molecule has 108 valence electrons. The first kappa shape index (κ1) is 15.3. The van der Waals surface area contributed by atoms with E-state index < -0.39 is 0 Å². The Bertz CT molecular complexity index is 776. The quantitative estimate of drug-likeness (QED) is 0.614. The fourth-order valence-corrected chi connectivity index (χ4v) is 2.85. The molecule has 2 nitrogen and oxygen atoms in total. The van der Waals surface area contributed by atoms with E-state index in [-0.39, 0.29) is 12.4 Å². The predicted molar refractivity (Wildman–Crippen MR) is 84.4 cm³/mol. The number of hydrogen-bond acceptors (Lipinski definition) is 0. The van der Waals surface area contributed by atoms with Gasteiger partial charge < -0.3 is 12.4 Å². The Kier molecular flexibility index (Phi) is 4.19. The first-order chi connectivity index (χ1) is 9.63. The Hall–Kier alpha value is -2.06. The topological polar surface area (TPSA) is 8.81 Å². The van der Waals surface area contributed by atoms with Crippen LogP contribution < -0.4 is 17.0 Å². The van der Waals surface area contributed by atoms with E-state index in [1.807, 2.05) is 6.08 Å². The number of nitrogens with zero attached hydrogens (tertiary/aromatic N) is 2. The molecule has 0 atom stereocenters. The van der Waals surface area contributed by atoms with Crippen LogP contribution in [0.1, 0.15) is 11.1 Å². The minimum atomic E-state index is 0. The molecule has 0 fully saturated rings. The highest BCUT2D eigenvalue weighted by Crippen LogP contribution is 2.25. The third-order valence-corrected chi connectivity index (χ3v) is 3.98. The summed E-state index contributed by atoms with van der Waals surface area (Å²) in [6.45, 7) is 6.02. The van der Waals surface area contributed by atoms with Crippen LogP contribution in [0.5, 0.6) is 0 Å². The third kappa shape index (κ3) is 2.36. The van der Waals surface area contributed by atoms with Crippen LogP contribution in [0.2, 0.25) is 0 Å². The van der Waals surface area contributed by atoms with Crippen LogP contribution in [-0.4, -0.2) is 4.57 Å². The van der Waals surface area contributed by atoms with Gasteiger partial charge in [0.25, 0.3) is 5.82 Å². The summed E-state index contributed by atoms with van der Waals surface area (Å²) >= 11 is 0. The summed E-state index contributed by atoms with van der Waals surface area (Å²) in [4.78, 5) is 0. The van der Waals surface area contributed by atoms with Crippen LogP contribution in [0.4, 0.5) is 0 Å². The van der Waals surface area contributed by atoms with Gasteiger partial charge >= 0.3 is 0 Å². The highest BCUT2D eigenvalue weighted by Gasteiger charge is 2.22. The van der Waals surface area contributed by atoms with Crippen molar-refractivity contribution in [3.8, 4) is 11.4 Å². The summed E-state index contributed by atoms with van der Waals surface area (Å²) in [5.74, 6) is 1.22. The lowest BCUT2D eigenvalue weighted by Gasteiger charge is -2.05. The molecule has 0 saturated carbocycles. The number of aryl methyl sites for hydroxylation is 3. The Morgan fingerprint density at radius 2 is 1.86 bits per heavy atom. The van der Waals surface area contributed by atoms with Crippen molar-refractivity contribution < 1.29 is 17.0 Å². The lowest BCUT2D eigenvalue weighted by molar-refractivity contribution is -0.634. The molecule has 1 heterocycles. The average molecular weight is 299 g/mol. The molecular formula is C18H19ClN2. The van der Waals surface area contributed by atoms with Gasteiger partial charge in [0, 0.05) is 0 Å². The number of fused-ring (bicyclic) bond motifs is 1. The van der Waals surface area contributed by atoms with Crippen LogP contribution in [0.3, 0.4) is 0 Å². The summed E-state index contributed by atoms with van der Waals surface area (Å²) in [5, 5.41) is 0. The van der Waals surface area contributed by atoms with Crippen molar-refractivity contribution >= 4 is 17.1 Å². The molecule has 0 aliphatic heterocycles. The van der Waals surface area contributed by atoms with Gasteiger partial charge in [-0.25, -0.2) is 9.13 Å². The molecular weight excluding hydrogens is 280 g/mol. The second kappa shape index (κ2) is 5.74. The lowest BCUT2D eigenvalue weighted by Crippen LogP contribution is -3.00. The molecule has 1 aromatic heterocycles. The number of halogens is 1. The number of hydrogen-bond donors (Lipinski definition) is 0. The number of aromatic nitrogens is 2. The maximum atomic E-state index is 3.87. The fraction of sp³-hybridized carbons (Fsp3) is 0.167. The molecule has 0 radical (unpaired) electrons. The van der Waals surface area contributed by atoms with Crippen LogP contribution in [0.15, 0.2) is 49.0 Å². The van der Waals surface area contributed by atoms with E-state index in [4.69, 9.17) is 0 Å². The lowest BCUT2D eigenvalue weighted by atomic mass is 10.0. The van der Waals surface area contributed by atoms with E-state index in [1.165, 1.54) is 28.0 Å². The smallest absolute Gasteiger partial charge is 0.289 e. The van der Waals surface area contributed by atoms with E-state index in [9.17, 15) is 0 Å². The van der Waals surface area contributed by atoms with Crippen LogP contribution in [0, 0.1) is 6.92 Å².